The number of benzene rings is 10. The van der Waals surface area contributed by atoms with Gasteiger partial charge in [0, 0.05) is 40.1 Å². The lowest BCUT2D eigenvalue weighted by Crippen LogP contribution is -2.59. The van der Waals surface area contributed by atoms with Crippen molar-refractivity contribution >= 4 is 73.0 Å². The largest absolute Gasteiger partial charge is 0.454 e. The summed E-state index contributed by atoms with van der Waals surface area (Å²) in [6.07, 6.45) is 5.89. The zero-order chi connectivity index (χ0) is 52.1. The van der Waals surface area contributed by atoms with Gasteiger partial charge in [-0.15, -0.1) is 0 Å². The van der Waals surface area contributed by atoms with E-state index in [9.17, 15) is 0 Å². The number of hydrogen-bond donors (Lipinski definition) is 0. The molecule has 8 heteroatoms. The molecule has 0 fully saturated rings. The Morgan fingerprint density at radius 2 is 1.19 bits per heavy atom. The molecule has 0 spiro atoms. The van der Waals surface area contributed by atoms with Gasteiger partial charge < -0.3 is 14.4 Å². The molecule has 0 saturated carbocycles. The minimum Gasteiger partial charge on any atom is -0.454 e. The third-order valence-corrected chi connectivity index (χ3v) is 15.6. The molecule has 5 heterocycles. The second-order valence-corrected chi connectivity index (χ2v) is 21.3. The number of anilines is 3. The van der Waals surface area contributed by atoms with E-state index in [0.717, 1.165) is 106 Å². The fraction of sp³-hybridized carbons (Fsp3) is 0.0571. The van der Waals surface area contributed by atoms with E-state index in [-0.39, 0.29) is 12.1 Å². The molecule has 7 nitrogen and oxygen atoms in total. The van der Waals surface area contributed by atoms with Crippen molar-refractivity contribution in [2.24, 2.45) is 0 Å². The monoisotopic (exact) mass is 1000 g/mol. The molecule has 0 saturated heterocycles. The molecule has 0 atom stereocenters. The molecule has 2 aliphatic rings. The lowest BCUT2D eigenvalue weighted by Gasteiger charge is -2.40. The van der Waals surface area contributed by atoms with Gasteiger partial charge in [-0.1, -0.05) is 185 Å². The summed E-state index contributed by atoms with van der Waals surface area (Å²) >= 11 is 0. The number of nitrogens with zero attached hydrogens (tertiary/aromatic N) is 5. The molecule has 0 bridgehead atoms. The van der Waals surface area contributed by atoms with Gasteiger partial charge in [0.1, 0.15) is 17.3 Å². The Morgan fingerprint density at radius 1 is 0.538 bits per heavy atom. The van der Waals surface area contributed by atoms with Gasteiger partial charge in [0.05, 0.1) is 33.4 Å². The van der Waals surface area contributed by atoms with E-state index >= 15 is 0 Å². The Bertz CT molecular complexity index is 4450. The van der Waals surface area contributed by atoms with Crippen LogP contribution >= 0.6 is 0 Å². The molecule has 2 aliphatic heterocycles. The van der Waals surface area contributed by atoms with Gasteiger partial charge >= 0.3 is 0 Å². The van der Waals surface area contributed by atoms with Crippen LogP contribution in [0.4, 0.5) is 17.1 Å². The maximum atomic E-state index is 7.40. The molecule has 0 aliphatic carbocycles. The van der Waals surface area contributed by atoms with Gasteiger partial charge in [0.25, 0.3) is 13.0 Å². The summed E-state index contributed by atoms with van der Waals surface area (Å²) in [4.78, 5) is 7.36. The third-order valence-electron chi connectivity index (χ3n) is 15.6. The number of pyridine rings is 1. The van der Waals surface area contributed by atoms with Crippen molar-refractivity contribution in [3.63, 3.8) is 0 Å². The first-order chi connectivity index (χ1) is 38.3. The smallest absolute Gasteiger partial charge is 0.269 e. The molecule has 15 rings (SSSR count). The van der Waals surface area contributed by atoms with E-state index in [1.165, 1.54) is 11.0 Å². The Labute approximate surface area is 453 Å². The number of aromatic nitrogens is 4. The molecule has 13 aromatic rings. The quantitative estimate of drug-likeness (QED) is 0.0865. The van der Waals surface area contributed by atoms with E-state index in [1.54, 1.807) is 0 Å². The number of para-hydroxylation sites is 6. The summed E-state index contributed by atoms with van der Waals surface area (Å²) in [5.41, 5.74) is 18.1. The summed E-state index contributed by atoms with van der Waals surface area (Å²) < 4.78 is 21.4. The first-order valence-electron chi connectivity index (χ1n) is 26.6. The summed E-state index contributed by atoms with van der Waals surface area (Å²) in [6, 6.07) is 86.0. The van der Waals surface area contributed by atoms with Crippen LogP contribution in [0, 0.1) is 6.33 Å². The fourth-order valence-electron chi connectivity index (χ4n) is 12.1. The Kier molecular flexibility index (Phi) is 10.4. The Balaban J connectivity index is 0.976. The predicted molar refractivity (Wildman–Crippen MR) is 318 cm³/mol. The van der Waals surface area contributed by atoms with E-state index in [0.29, 0.717) is 17.2 Å². The van der Waals surface area contributed by atoms with Crippen molar-refractivity contribution in [2.75, 3.05) is 4.90 Å². The van der Waals surface area contributed by atoms with Gasteiger partial charge in [0.2, 0.25) is 0 Å². The normalized spacial score (nSPS) is 12.6. The van der Waals surface area contributed by atoms with Crippen LogP contribution in [0.15, 0.2) is 249 Å². The molecular formula is C70H50BN5O2. The highest BCUT2D eigenvalue weighted by Crippen LogP contribution is 2.45. The fourth-order valence-corrected chi connectivity index (χ4v) is 12.1. The first-order valence-corrected chi connectivity index (χ1v) is 26.6. The summed E-state index contributed by atoms with van der Waals surface area (Å²) in [5, 5.41) is 2.25. The van der Waals surface area contributed by atoms with Crippen molar-refractivity contribution in [3.8, 4) is 62.4 Å². The van der Waals surface area contributed by atoms with E-state index in [1.807, 2.05) is 6.20 Å². The van der Waals surface area contributed by atoms with Crippen LogP contribution in [0.2, 0.25) is 0 Å². The molecule has 10 aromatic carbocycles. The van der Waals surface area contributed by atoms with E-state index < -0.39 is 0 Å². The topological polar surface area (TPSA) is 48.3 Å². The molecule has 0 unspecified atom stereocenters. The third kappa shape index (κ3) is 7.28. The van der Waals surface area contributed by atoms with Crippen LogP contribution < -0.4 is 35.3 Å². The molecule has 78 heavy (non-hydrogen) atoms. The standard InChI is InChI=1S/C70H50BN5O2/c1-70(2,3)48-39-40-72-66(41-48)76-58-31-15-13-27-54(58)55-38-37-51(44-63(55)76)77-65-43-50(42-57-69(65)78-64-36-20-35-62-67(64)71(57)56-30-14-16-32-59(56)75(62)49-25-11-6-12-26-49)73-45-74(61-34-18-17-33-60(61)73)68-52(46-21-7-4-8-22-46)28-19-29-53(68)47-23-9-5-10-24-47/h4-44H,1-3H3. The number of imidazole rings is 1. The van der Waals surface area contributed by atoms with Crippen LogP contribution in [0.5, 0.6) is 23.0 Å². The van der Waals surface area contributed by atoms with E-state index in [2.05, 4.69) is 288 Å². The van der Waals surface area contributed by atoms with Gasteiger partial charge in [-0.3, -0.25) is 13.7 Å². The lowest BCUT2D eigenvalue weighted by atomic mass is 9.34. The predicted octanol–water partition coefficient (Wildman–Crippen LogP) is 15.0. The van der Waals surface area contributed by atoms with Crippen LogP contribution in [0.3, 0.4) is 0 Å². The Hall–Kier alpha value is -9.92. The maximum absolute atomic E-state index is 7.40. The number of hydrogen-bond acceptors (Lipinski definition) is 4. The highest BCUT2D eigenvalue weighted by Gasteiger charge is 2.43. The average molecular weight is 1000 g/mol. The van der Waals surface area contributed by atoms with Crippen molar-refractivity contribution in [3.05, 3.63) is 261 Å². The number of ether oxygens (including phenoxy) is 2. The minimum absolute atomic E-state index is 0.0654. The molecule has 0 N–H and O–H groups in total. The van der Waals surface area contributed by atoms with Crippen LogP contribution in [-0.4, -0.2) is 20.8 Å². The van der Waals surface area contributed by atoms with Crippen molar-refractivity contribution in [1.82, 2.24) is 14.1 Å². The highest BCUT2D eigenvalue weighted by atomic mass is 16.5. The second kappa shape index (κ2) is 17.9. The van der Waals surface area contributed by atoms with Crippen LogP contribution in [-0.2, 0) is 5.41 Å². The summed E-state index contributed by atoms with van der Waals surface area (Å²) in [5.74, 6) is 3.57. The summed E-state index contributed by atoms with van der Waals surface area (Å²) in [7, 11) is 0. The van der Waals surface area contributed by atoms with Gasteiger partial charge in [-0.25, -0.2) is 4.98 Å². The molecular weight excluding hydrogens is 954 g/mol. The van der Waals surface area contributed by atoms with E-state index in [4.69, 9.17) is 14.5 Å². The molecule has 0 radical (unpaired) electrons. The van der Waals surface area contributed by atoms with Crippen molar-refractivity contribution in [1.29, 1.82) is 0 Å². The Morgan fingerprint density at radius 3 is 1.96 bits per heavy atom. The highest BCUT2D eigenvalue weighted by molar-refractivity contribution is 6.99. The van der Waals surface area contributed by atoms with Crippen molar-refractivity contribution in [2.45, 2.75) is 26.2 Å². The first kappa shape index (κ1) is 45.5. The summed E-state index contributed by atoms with van der Waals surface area (Å²) in [6.45, 7) is 6.52. The van der Waals surface area contributed by atoms with Gasteiger partial charge in [0.15, 0.2) is 11.5 Å². The number of rotatable bonds is 8. The maximum Gasteiger partial charge on any atom is 0.269 e. The zero-order valence-electron chi connectivity index (χ0n) is 43.3. The second-order valence-electron chi connectivity index (χ2n) is 21.3. The van der Waals surface area contributed by atoms with Crippen LogP contribution in [0.1, 0.15) is 26.3 Å². The SMILES string of the molecule is CC(C)(C)c1ccnc(-n2c3ccccc3c3ccc(Oc4cc(-n5[c-][n+](-c6c(-c7ccccc7)cccc6-c6ccccc6)c6ccccc65)cc5c4Oc4cccc6c4B5c4ccccc4N6c4ccccc4)cc32)c1. The van der Waals surface area contributed by atoms with Crippen molar-refractivity contribution < 1.29 is 14.0 Å². The molecule has 3 aromatic heterocycles. The average Bonchev–Trinajstić information content (AvgIpc) is 4.14. The van der Waals surface area contributed by atoms with Gasteiger partial charge in [-0.05, 0) is 122 Å². The minimum atomic E-state index is -0.206. The lowest BCUT2D eigenvalue weighted by molar-refractivity contribution is -0.571. The zero-order valence-corrected chi connectivity index (χ0v) is 43.3. The number of fused-ring (bicyclic) bond motifs is 8. The molecule has 0 amide bonds. The molecule has 370 valence electrons. The van der Waals surface area contributed by atoms with Crippen LogP contribution in [0.25, 0.3) is 72.3 Å². The van der Waals surface area contributed by atoms with Gasteiger partial charge in [-0.2, -0.15) is 0 Å².